The van der Waals surface area contributed by atoms with Crippen molar-refractivity contribution >= 4 is 43.7 Å². The Bertz CT molecular complexity index is 3620. The zero-order valence-corrected chi connectivity index (χ0v) is 37.5. The molecule has 0 aliphatic heterocycles. The number of fused-ring (bicyclic) bond motifs is 5. The molecule has 0 spiro atoms. The molecule has 0 aliphatic carbocycles. The SMILES string of the molecule is CC(C)(C)c1cc(-c2nc3c(-c4cc(-c5ccccc5)cc(-c5nccc6oc7cc8ccccc8cc7c56)c4)cccc3n2-c2ccccc2-c2ccccc2)c(O)c(C(C)(C)C)c1. The van der Waals surface area contributed by atoms with E-state index in [-0.39, 0.29) is 16.6 Å². The third-order valence-electron chi connectivity index (χ3n) is 12.8. The van der Waals surface area contributed by atoms with E-state index in [0.29, 0.717) is 11.4 Å². The smallest absolute Gasteiger partial charge is 0.149 e. The van der Waals surface area contributed by atoms with E-state index in [2.05, 4.69) is 210 Å². The first-order valence-corrected chi connectivity index (χ1v) is 22.4. The molecule has 0 amide bonds. The molecule has 3 heterocycles. The van der Waals surface area contributed by atoms with Crippen molar-refractivity contribution in [3.05, 3.63) is 193 Å². The van der Waals surface area contributed by atoms with Gasteiger partial charge in [-0.2, -0.15) is 0 Å². The average molecular weight is 844 g/mol. The third kappa shape index (κ3) is 6.95. The molecule has 316 valence electrons. The summed E-state index contributed by atoms with van der Waals surface area (Å²) in [5, 5.41) is 16.8. The van der Waals surface area contributed by atoms with Crippen LogP contribution in [-0.4, -0.2) is 19.6 Å². The van der Waals surface area contributed by atoms with E-state index >= 15 is 0 Å². The fraction of sp³-hybridized carbons (Fsp3) is 0.133. The number of nitrogens with zero attached hydrogens (tertiary/aromatic N) is 3. The summed E-state index contributed by atoms with van der Waals surface area (Å²) in [7, 11) is 0. The van der Waals surface area contributed by atoms with Gasteiger partial charge in [-0.1, -0.05) is 163 Å². The average Bonchev–Trinajstić information content (AvgIpc) is 3.89. The van der Waals surface area contributed by atoms with Gasteiger partial charge >= 0.3 is 0 Å². The number of rotatable bonds is 6. The summed E-state index contributed by atoms with van der Waals surface area (Å²) in [6.07, 6.45) is 1.84. The molecule has 0 bridgehead atoms. The van der Waals surface area contributed by atoms with Gasteiger partial charge in [-0.05, 0) is 104 Å². The minimum atomic E-state index is -0.331. The number of furan rings is 1. The molecule has 0 aliphatic rings. The summed E-state index contributed by atoms with van der Waals surface area (Å²) in [4.78, 5) is 10.8. The summed E-state index contributed by atoms with van der Waals surface area (Å²) >= 11 is 0. The lowest BCUT2D eigenvalue weighted by molar-refractivity contribution is 0.446. The van der Waals surface area contributed by atoms with Crippen molar-refractivity contribution in [2.24, 2.45) is 0 Å². The van der Waals surface area contributed by atoms with Gasteiger partial charge in [-0.25, -0.2) is 4.98 Å². The Labute approximate surface area is 379 Å². The molecule has 8 aromatic carbocycles. The van der Waals surface area contributed by atoms with Gasteiger partial charge in [0.15, 0.2) is 0 Å². The molecule has 0 atom stereocenters. The first-order valence-electron chi connectivity index (χ1n) is 22.4. The van der Waals surface area contributed by atoms with Crippen molar-refractivity contribution in [2.45, 2.75) is 52.4 Å². The Kier molecular flexibility index (Phi) is 9.37. The van der Waals surface area contributed by atoms with Gasteiger partial charge in [0.2, 0.25) is 0 Å². The van der Waals surface area contributed by atoms with E-state index in [1.165, 1.54) is 0 Å². The third-order valence-corrected chi connectivity index (χ3v) is 12.8. The minimum Gasteiger partial charge on any atom is -0.507 e. The molecule has 0 unspecified atom stereocenters. The predicted octanol–water partition coefficient (Wildman–Crippen LogP) is 16.1. The Morgan fingerprint density at radius 2 is 1.15 bits per heavy atom. The molecule has 5 nitrogen and oxygen atoms in total. The van der Waals surface area contributed by atoms with E-state index < -0.39 is 0 Å². The maximum Gasteiger partial charge on any atom is 0.149 e. The highest BCUT2D eigenvalue weighted by Gasteiger charge is 2.29. The van der Waals surface area contributed by atoms with Crippen molar-refractivity contribution in [3.63, 3.8) is 0 Å². The van der Waals surface area contributed by atoms with Crippen molar-refractivity contribution in [1.29, 1.82) is 0 Å². The fourth-order valence-corrected chi connectivity index (χ4v) is 9.44. The molecule has 11 rings (SSSR count). The molecule has 0 radical (unpaired) electrons. The normalized spacial score (nSPS) is 12.2. The van der Waals surface area contributed by atoms with E-state index in [9.17, 15) is 5.11 Å². The van der Waals surface area contributed by atoms with Gasteiger partial charge in [0.05, 0.1) is 33.4 Å². The van der Waals surface area contributed by atoms with Gasteiger partial charge in [0, 0.05) is 33.8 Å². The number of para-hydroxylation sites is 2. The van der Waals surface area contributed by atoms with Crippen LogP contribution in [0.3, 0.4) is 0 Å². The molecule has 0 saturated carbocycles. The lowest BCUT2D eigenvalue weighted by Crippen LogP contribution is -2.17. The molecular weight excluding hydrogens is 795 g/mol. The van der Waals surface area contributed by atoms with Crippen LogP contribution in [0.2, 0.25) is 0 Å². The van der Waals surface area contributed by atoms with Gasteiger partial charge in [-0.15, -0.1) is 0 Å². The van der Waals surface area contributed by atoms with Gasteiger partial charge in [-0.3, -0.25) is 9.55 Å². The number of pyridine rings is 1. The number of phenols is 1. The van der Waals surface area contributed by atoms with Crippen LogP contribution in [0.15, 0.2) is 187 Å². The lowest BCUT2D eigenvalue weighted by Gasteiger charge is -2.27. The van der Waals surface area contributed by atoms with Crippen molar-refractivity contribution in [3.8, 4) is 67.5 Å². The van der Waals surface area contributed by atoms with Crippen molar-refractivity contribution in [1.82, 2.24) is 14.5 Å². The summed E-state index contributed by atoms with van der Waals surface area (Å²) in [5.41, 5.74) is 14.7. The Morgan fingerprint density at radius 3 is 1.89 bits per heavy atom. The first-order chi connectivity index (χ1) is 31.4. The van der Waals surface area contributed by atoms with Crippen LogP contribution in [0.4, 0.5) is 0 Å². The van der Waals surface area contributed by atoms with Gasteiger partial charge in [0.1, 0.15) is 22.7 Å². The molecular formula is C60H49N3O2. The number of hydrogen-bond donors (Lipinski definition) is 1. The van der Waals surface area contributed by atoms with Crippen molar-refractivity contribution in [2.75, 3.05) is 0 Å². The highest BCUT2D eigenvalue weighted by molar-refractivity contribution is 6.15. The van der Waals surface area contributed by atoms with E-state index in [1.807, 2.05) is 18.3 Å². The van der Waals surface area contributed by atoms with Gasteiger partial charge < -0.3 is 9.52 Å². The highest BCUT2D eigenvalue weighted by atomic mass is 16.3. The van der Waals surface area contributed by atoms with Crippen LogP contribution >= 0.6 is 0 Å². The molecule has 0 saturated heterocycles. The Hall–Kier alpha value is -7.76. The Morgan fingerprint density at radius 1 is 0.508 bits per heavy atom. The summed E-state index contributed by atoms with van der Waals surface area (Å²) in [6.45, 7) is 13.1. The quantitative estimate of drug-likeness (QED) is 0.181. The first kappa shape index (κ1) is 40.0. The number of benzene rings is 8. The largest absolute Gasteiger partial charge is 0.507 e. The van der Waals surface area contributed by atoms with Crippen LogP contribution in [-0.2, 0) is 10.8 Å². The molecule has 11 aromatic rings. The molecule has 1 N–H and O–H groups in total. The number of phenolic OH excluding ortho intramolecular Hbond substituents is 1. The predicted molar refractivity (Wildman–Crippen MR) is 270 cm³/mol. The number of hydrogen-bond acceptors (Lipinski definition) is 4. The summed E-state index contributed by atoms with van der Waals surface area (Å²) in [6, 6.07) is 61.7. The van der Waals surface area contributed by atoms with Crippen LogP contribution in [0, 0.1) is 0 Å². The lowest BCUT2D eigenvalue weighted by atomic mass is 9.79. The van der Waals surface area contributed by atoms with Crippen LogP contribution in [0.5, 0.6) is 5.75 Å². The molecule has 65 heavy (non-hydrogen) atoms. The fourth-order valence-electron chi connectivity index (χ4n) is 9.44. The highest BCUT2D eigenvalue weighted by Crippen LogP contribution is 2.46. The van der Waals surface area contributed by atoms with Crippen LogP contribution < -0.4 is 0 Å². The minimum absolute atomic E-state index is 0.190. The number of imidazole rings is 1. The maximum atomic E-state index is 12.5. The molecule has 5 heteroatoms. The summed E-state index contributed by atoms with van der Waals surface area (Å²) in [5.74, 6) is 0.918. The number of aromatic hydroxyl groups is 1. The zero-order chi connectivity index (χ0) is 44.6. The zero-order valence-electron chi connectivity index (χ0n) is 37.5. The summed E-state index contributed by atoms with van der Waals surface area (Å²) < 4.78 is 8.80. The topological polar surface area (TPSA) is 64.1 Å². The van der Waals surface area contributed by atoms with E-state index in [1.54, 1.807) is 0 Å². The standard InChI is InChI=1S/C60H49N3O2/c1-59(2,3)44-35-48(57(64)49(36-44)60(4,5)6)58-62-56-46(25-17-27-51(56)63(58)50-26-16-15-24-45(50)38-20-11-8-12-21-38)42-30-41(37-18-9-7-10-19-37)31-43(32-42)55-54-47-33-39-22-13-14-23-40(39)34-53(47)65-52(54)28-29-61-55/h7-36,64H,1-6H3. The molecule has 3 aromatic heterocycles. The second-order valence-electron chi connectivity index (χ2n) is 19.2. The van der Waals surface area contributed by atoms with Crippen LogP contribution in [0.25, 0.3) is 105 Å². The monoisotopic (exact) mass is 843 g/mol. The maximum absolute atomic E-state index is 12.5. The molecule has 0 fully saturated rings. The second-order valence-corrected chi connectivity index (χ2v) is 19.2. The second kappa shape index (κ2) is 15.2. The van der Waals surface area contributed by atoms with Crippen LogP contribution in [0.1, 0.15) is 52.7 Å². The number of aromatic nitrogens is 3. The van der Waals surface area contributed by atoms with Crippen molar-refractivity contribution < 1.29 is 9.52 Å². The van der Waals surface area contributed by atoms with Gasteiger partial charge in [0.25, 0.3) is 0 Å². The van der Waals surface area contributed by atoms with E-state index in [4.69, 9.17) is 14.4 Å². The Balaban J connectivity index is 1.22. The van der Waals surface area contributed by atoms with E-state index in [0.717, 1.165) is 105 Å².